The number of hydrogen-bond acceptors (Lipinski definition) is 6. The van der Waals surface area contributed by atoms with Crippen LogP contribution in [-0.4, -0.2) is 52.8 Å². The summed E-state index contributed by atoms with van der Waals surface area (Å²) in [6.07, 6.45) is 5.09. The van der Waals surface area contributed by atoms with Gasteiger partial charge < -0.3 is 9.64 Å². The molecule has 4 rings (SSSR count). The van der Waals surface area contributed by atoms with Crippen LogP contribution in [0.5, 0.6) is 0 Å². The molecule has 27 heavy (non-hydrogen) atoms. The zero-order valence-corrected chi connectivity index (χ0v) is 17.9. The maximum absolute atomic E-state index is 12.5. The summed E-state index contributed by atoms with van der Waals surface area (Å²) in [6.45, 7) is 9.69. The van der Waals surface area contributed by atoms with Gasteiger partial charge >= 0.3 is 0 Å². The number of morpholine rings is 1. The minimum Gasteiger partial charge on any atom is -0.378 e. The second kappa shape index (κ2) is 7.68. The lowest BCUT2D eigenvalue weighted by Gasteiger charge is -2.33. The first-order valence-electron chi connectivity index (χ1n) is 9.67. The summed E-state index contributed by atoms with van der Waals surface area (Å²) in [5.74, 6) is 1.32. The number of nitrogens with zero attached hydrogens (tertiary/aromatic N) is 3. The maximum Gasteiger partial charge on any atom is 0.233 e. The van der Waals surface area contributed by atoms with Crippen molar-refractivity contribution in [3.8, 4) is 0 Å². The zero-order valence-electron chi connectivity index (χ0n) is 16.3. The molecule has 1 aliphatic carbocycles. The third kappa shape index (κ3) is 4.00. The molecule has 0 saturated carbocycles. The number of aromatic nitrogens is 2. The van der Waals surface area contributed by atoms with E-state index in [1.165, 1.54) is 22.2 Å². The highest BCUT2D eigenvalue weighted by Crippen LogP contribution is 2.44. The largest absolute Gasteiger partial charge is 0.378 e. The molecule has 1 atom stereocenters. The lowest BCUT2D eigenvalue weighted by molar-refractivity contribution is -0.132. The smallest absolute Gasteiger partial charge is 0.233 e. The summed E-state index contributed by atoms with van der Waals surface area (Å²) in [6, 6.07) is 0. The summed E-state index contributed by atoms with van der Waals surface area (Å²) in [5, 5.41) is 2.16. The standard InChI is InChI=1S/C20H27N3O2S2/c1-20(2,3)13-4-5-14-15(10-13)27-19-17(14)18(21-12-22-19)26-11-16(24)23-6-8-25-9-7-23/h12-13H,4-11H2,1-3H3/t13-/m0/s1. The van der Waals surface area contributed by atoms with E-state index in [-0.39, 0.29) is 5.91 Å². The average molecular weight is 406 g/mol. The number of thioether (sulfide) groups is 1. The second-order valence-corrected chi connectivity index (χ2v) is 10.5. The highest BCUT2D eigenvalue weighted by atomic mass is 32.2. The van der Waals surface area contributed by atoms with Gasteiger partial charge in [0.1, 0.15) is 16.2 Å². The van der Waals surface area contributed by atoms with E-state index in [2.05, 4.69) is 30.7 Å². The van der Waals surface area contributed by atoms with Crippen molar-refractivity contribution in [3.05, 3.63) is 16.8 Å². The lowest BCUT2D eigenvalue weighted by atomic mass is 9.72. The van der Waals surface area contributed by atoms with E-state index in [1.807, 2.05) is 16.2 Å². The predicted molar refractivity (Wildman–Crippen MR) is 111 cm³/mol. The van der Waals surface area contributed by atoms with Crippen molar-refractivity contribution in [1.29, 1.82) is 0 Å². The van der Waals surface area contributed by atoms with Gasteiger partial charge in [0.2, 0.25) is 5.91 Å². The van der Waals surface area contributed by atoms with E-state index in [4.69, 9.17) is 4.74 Å². The van der Waals surface area contributed by atoms with Crippen molar-refractivity contribution < 1.29 is 9.53 Å². The molecule has 2 aliphatic rings. The van der Waals surface area contributed by atoms with Gasteiger partial charge in [-0.05, 0) is 36.2 Å². The first kappa shape index (κ1) is 19.2. The van der Waals surface area contributed by atoms with Gasteiger partial charge in [0.15, 0.2) is 0 Å². The Kier molecular flexibility index (Phi) is 5.45. The third-order valence-electron chi connectivity index (χ3n) is 5.73. The molecule has 0 N–H and O–H groups in total. The summed E-state index contributed by atoms with van der Waals surface area (Å²) in [4.78, 5) is 26.0. The molecular weight excluding hydrogens is 378 g/mol. The van der Waals surface area contributed by atoms with Crippen molar-refractivity contribution >= 4 is 39.2 Å². The molecular formula is C20H27N3O2S2. The monoisotopic (exact) mass is 405 g/mol. The molecule has 3 heterocycles. The summed E-state index contributed by atoms with van der Waals surface area (Å²) < 4.78 is 5.33. The maximum atomic E-state index is 12.5. The van der Waals surface area contributed by atoms with Gasteiger partial charge in [-0.1, -0.05) is 32.5 Å². The van der Waals surface area contributed by atoms with Crippen molar-refractivity contribution in [2.45, 2.75) is 45.1 Å². The van der Waals surface area contributed by atoms with Gasteiger partial charge in [0.25, 0.3) is 0 Å². The van der Waals surface area contributed by atoms with Crippen molar-refractivity contribution in [2.75, 3.05) is 32.1 Å². The number of hydrogen-bond donors (Lipinski definition) is 0. The van der Waals surface area contributed by atoms with Crippen LogP contribution in [0.4, 0.5) is 0 Å². The first-order chi connectivity index (χ1) is 12.9. The van der Waals surface area contributed by atoms with Gasteiger partial charge in [0.05, 0.1) is 19.0 Å². The van der Waals surface area contributed by atoms with E-state index in [1.54, 1.807) is 18.1 Å². The van der Waals surface area contributed by atoms with Crippen molar-refractivity contribution in [2.24, 2.45) is 11.3 Å². The van der Waals surface area contributed by atoms with Gasteiger partial charge in [-0.2, -0.15) is 0 Å². The first-order valence-corrected chi connectivity index (χ1v) is 11.5. The van der Waals surface area contributed by atoms with E-state index in [9.17, 15) is 4.79 Å². The van der Waals surface area contributed by atoms with E-state index >= 15 is 0 Å². The highest BCUT2D eigenvalue weighted by molar-refractivity contribution is 8.00. The fourth-order valence-electron chi connectivity index (χ4n) is 3.96. The van der Waals surface area contributed by atoms with Crippen LogP contribution in [0.1, 0.15) is 37.6 Å². The summed E-state index contributed by atoms with van der Waals surface area (Å²) in [7, 11) is 0. The van der Waals surface area contributed by atoms with Crippen LogP contribution >= 0.6 is 23.1 Å². The molecule has 0 bridgehead atoms. The minimum absolute atomic E-state index is 0.173. The van der Waals surface area contributed by atoms with Crippen LogP contribution in [0.3, 0.4) is 0 Å². The Morgan fingerprint density at radius 1 is 1.33 bits per heavy atom. The molecule has 2 aromatic heterocycles. The Bertz CT molecular complexity index is 838. The highest BCUT2D eigenvalue weighted by Gasteiger charge is 2.31. The number of fused-ring (bicyclic) bond motifs is 3. The minimum atomic E-state index is 0.173. The molecule has 0 radical (unpaired) electrons. The van der Waals surface area contributed by atoms with E-state index in [0.717, 1.165) is 22.7 Å². The fraction of sp³-hybridized carbons (Fsp3) is 0.650. The Morgan fingerprint density at radius 3 is 2.85 bits per heavy atom. The number of amides is 1. The van der Waals surface area contributed by atoms with E-state index in [0.29, 0.717) is 43.4 Å². The fourth-order valence-corrected chi connectivity index (χ4v) is 6.22. The molecule has 1 saturated heterocycles. The van der Waals surface area contributed by atoms with Gasteiger partial charge in [-0.15, -0.1) is 11.3 Å². The molecule has 0 spiro atoms. The number of carbonyl (C=O) groups is 1. The lowest BCUT2D eigenvalue weighted by Crippen LogP contribution is -2.41. The van der Waals surface area contributed by atoms with Crippen LogP contribution in [-0.2, 0) is 22.4 Å². The van der Waals surface area contributed by atoms with E-state index < -0.39 is 0 Å². The number of carbonyl (C=O) groups excluding carboxylic acids is 1. The number of rotatable bonds is 3. The average Bonchev–Trinajstić information content (AvgIpc) is 3.04. The number of aryl methyl sites for hydroxylation is 1. The predicted octanol–water partition coefficient (Wildman–Crippen LogP) is 3.79. The third-order valence-corrected chi connectivity index (χ3v) is 7.87. The van der Waals surface area contributed by atoms with Crippen LogP contribution < -0.4 is 0 Å². The molecule has 0 aromatic carbocycles. The van der Waals surface area contributed by atoms with Gasteiger partial charge in [-0.3, -0.25) is 4.79 Å². The normalized spacial score (nSPS) is 20.7. The van der Waals surface area contributed by atoms with Crippen LogP contribution in [0.25, 0.3) is 10.2 Å². The Balaban J connectivity index is 1.54. The van der Waals surface area contributed by atoms with Crippen LogP contribution in [0, 0.1) is 11.3 Å². The van der Waals surface area contributed by atoms with Crippen molar-refractivity contribution in [3.63, 3.8) is 0 Å². The summed E-state index contributed by atoms with van der Waals surface area (Å²) in [5.41, 5.74) is 1.76. The van der Waals surface area contributed by atoms with Crippen molar-refractivity contribution in [1.82, 2.24) is 14.9 Å². The SMILES string of the molecule is CC(C)(C)[C@H]1CCc2c(sc3ncnc(SCC(=O)N4CCOCC4)c23)C1. The molecule has 7 heteroatoms. The molecule has 5 nitrogen and oxygen atoms in total. The molecule has 1 amide bonds. The molecule has 2 aromatic rings. The van der Waals surface area contributed by atoms with Crippen LogP contribution in [0.2, 0.25) is 0 Å². The number of ether oxygens (including phenoxy) is 1. The van der Waals surface area contributed by atoms with Crippen LogP contribution in [0.15, 0.2) is 11.4 Å². The molecule has 0 unspecified atom stereocenters. The van der Waals surface area contributed by atoms with Gasteiger partial charge in [0, 0.05) is 23.4 Å². The van der Waals surface area contributed by atoms with Gasteiger partial charge in [-0.25, -0.2) is 9.97 Å². The second-order valence-electron chi connectivity index (χ2n) is 8.45. The quantitative estimate of drug-likeness (QED) is 0.574. The molecule has 146 valence electrons. The Labute approximate surface area is 168 Å². The molecule has 1 aliphatic heterocycles. The Hall–Kier alpha value is -1.18. The summed E-state index contributed by atoms with van der Waals surface area (Å²) >= 11 is 3.38. The topological polar surface area (TPSA) is 55.3 Å². The number of thiophene rings is 1. The zero-order chi connectivity index (χ0) is 19.0. The molecule has 1 fully saturated rings. The Morgan fingerprint density at radius 2 is 2.11 bits per heavy atom.